The zero-order chi connectivity index (χ0) is 13.9. The molecular formula is C15H20FNO2. The van der Waals surface area contributed by atoms with E-state index < -0.39 is 11.4 Å². The average Bonchev–Trinajstić information content (AvgIpc) is 2.42. The van der Waals surface area contributed by atoms with Crippen molar-refractivity contribution in [2.24, 2.45) is 0 Å². The van der Waals surface area contributed by atoms with Gasteiger partial charge < -0.3 is 10.1 Å². The minimum Gasteiger partial charge on any atom is -0.494 e. The minimum absolute atomic E-state index is 0.0411. The van der Waals surface area contributed by atoms with Gasteiger partial charge in [0, 0.05) is 6.42 Å². The first-order valence-electron chi connectivity index (χ1n) is 6.66. The predicted octanol–water partition coefficient (Wildman–Crippen LogP) is 2.48. The van der Waals surface area contributed by atoms with Gasteiger partial charge in [-0.05, 0) is 44.4 Å². The number of hydrogen-bond donors (Lipinski definition) is 1. The smallest absolute Gasteiger partial charge is 0.168 e. The predicted molar refractivity (Wildman–Crippen MR) is 71.9 cm³/mol. The summed E-state index contributed by atoms with van der Waals surface area (Å²) in [6.45, 7) is 2.76. The third kappa shape index (κ3) is 2.95. The summed E-state index contributed by atoms with van der Waals surface area (Å²) in [5, 5.41) is 3.26. The molecule has 1 unspecified atom stereocenters. The number of piperidine rings is 1. The number of nitrogens with one attached hydrogen (secondary N) is 1. The Hall–Kier alpha value is -1.42. The number of rotatable bonds is 4. The van der Waals surface area contributed by atoms with E-state index >= 15 is 0 Å². The standard InChI is InChI=1S/C15H20FNO2/c1-15(8-3-4-9-17-15)13(18)10-11-6-5-7-12(19-2)14(11)16/h5-7,17H,3-4,8-10H2,1-2H3. The van der Waals surface area contributed by atoms with E-state index in [0.717, 1.165) is 25.8 Å². The molecule has 104 valence electrons. The van der Waals surface area contributed by atoms with Gasteiger partial charge in [0.1, 0.15) is 0 Å². The van der Waals surface area contributed by atoms with Crippen LogP contribution >= 0.6 is 0 Å². The van der Waals surface area contributed by atoms with E-state index in [2.05, 4.69) is 5.32 Å². The van der Waals surface area contributed by atoms with Gasteiger partial charge in [-0.3, -0.25) is 4.79 Å². The van der Waals surface area contributed by atoms with Gasteiger partial charge in [0.25, 0.3) is 0 Å². The second-order valence-electron chi connectivity index (χ2n) is 5.25. The minimum atomic E-state index is -0.520. The molecule has 2 rings (SSSR count). The quantitative estimate of drug-likeness (QED) is 0.909. The van der Waals surface area contributed by atoms with Crippen molar-refractivity contribution >= 4 is 5.78 Å². The largest absolute Gasteiger partial charge is 0.494 e. The molecule has 4 heteroatoms. The van der Waals surface area contributed by atoms with Crippen LogP contribution in [0.5, 0.6) is 5.75 Å². The van der Waals surface area contributed by atoms with Crippen LogP contribution in [0.1, 0.15) is 31.7 Å². The Labute approximate surface area is 113 Å². The van der Waals surface area contributed by atoms with Gasteiger partial charge in [-0.25, -0.2) is 4.39 Å². The third-order valence-corrected chi connectivity index (χ3v) is 3.85. The Balaban J connectivity index is 2.14. The molecular weight excluding hydrogens is 245 g/mol. The van der Waals surface area contributed by atoms with E-state index in [1.165, 1.54) is 7.11 Å². The molecule has 1 aromatic carbocycles. The number of carbonyl (C=O) groups is 1. The number of benzene rings is 1. The van der Waals surface area contributed by atoms with Crippen LogP contribution in [0, 0.1) is 5.82 Å². The molecule has 1 aliphatic heterocycles. The summed E-state index contributed by atoms with van der Waals surface area (Å²) in [5.74, 6) is -0.204. The number of hydrogen-bond acceptors (Lipinski definition) is 3. The van der Waals surface area contributed by atoms with Crippen LogP contribution in [0.15, 0.2) is 18.2 Å². The summed E-state index contributed by atoms with van der Waals surface area (Å²) in [6, 6.07) is 4.91. The molecule has 19 heavy (non-hydrogen) atoms. The van der Waals surface area contributed by atoms with E-state index in [1.54, 1.807) is 18.2 Å². The average molecular weight is 265 g/mol. The highest BCUT2D eigenvalue weighted by atomic mass is 19.1. The monoisotopic (exact) mass is 265 g/mol. The highest BCUT2D eigenvalue weighted by molar-refractivity contribution is 5.90. The first kappa shape index (κ1) is 14.0. The molecule has 1 saturated heterocycles. The van der Waals surface area contributed by atoms with E-state index in [1.807, 2.05) is 6.92 Å². The van der Waals surface area contributed by atoms with Gasteiger partial charge in [0.2, 0.25) is 0 Å². The lowest BCUT2D eigenvalue weighted by Crippen LogP contribution is -2.52. The summed E-state index contributed by atoms with van der Waals surface area (Å²) >= 11 is 0. The molecule has 1 aromatic rings. The lowest BCUT2D eigenvalue weighted by atomic mass is 9.84. The lowest BCUT2D eigenvalue weighted by Gasteiger charge is -2.33. The Morgan fingerprint density at radius 1 is 1.47 bits per heavy atom. The SMILES string of the molecule is COc1cccc(CC(=O)C2(C)CCCCN2)c1F. The van der Waals surface area contributed by atoms with Crippen LogP contribution in [0.25, 0.3) is 0 Å². The Kier molecular flexibility index (Phi) is 4.20. The van der Waals surface area contributed by atoms with E-state index in [4.69, 9.17) is 4.74 Å². The Morgan fingerprint density at radius 2 is 2.26 bits per heavy atom. The van der Waals surface area contributed by atoms with Crippen LogP contribution in [0.2, 0.25) is 0 Å². The number of ketones is 1. The molecule has 1 aliphatic rings. The number of ether oxygens (including phenoxy) is 1. The van der Waals surface area contributed by atoms with Crippen molar-refractivity contribution in [1.29, 1.82) is 0 Å². The van der Waals surface area contributed by atoms with Crippen LogP contribution < -0.4 is 10.1 Å². The summed E-state index contributed by atoms with van der Waals surface area (Å²) in [6.07, 6.45) is 3.05. The van der Waals surface area contributed by atoms with Crippen LogP contribution in [0.4, 0.5) is 4.39 Å². The van der Waals surface area contributed by atoms with Crippen molar-refractivity contribution < 1.29 is 13.9 Å². The summed E-state index contributed by atoms with van der Waals surface area (Å²) < 4.78 is 19.0. The summed E-state index contributed by atoms with van der Waals surface area (Å²) in [5.41, 5.74) is -0.119. The molecule has 1 heterocycles. The van der Waals surface area contributed by atoms with Gasteiger partial charge in [-0.15, -0.1) is 0 Å². The molecule has 1 atom stereocenters. The van der Waals surface area contributed by atoms with E-state index in [0.29, 0.717) is 5.56 Å². The fourth-order valence-electron chi connectivity index (χ4n) is 2.51. The highest BCUT2D eigenvalue weighted by Crippen LogP contribution is 2.25. The second-order valence-corrected chi connectivity index (χ2v) is 5.25. The summed E-state index contributed by atoms with van der Waals surface area (Å²) in [7, 11) is 1.42. The molecule has 0 radical (unpaired) electrons. The normalized spacial score (nSPS) is 23.1. The van der Waals surface area contributed by atoms with Gasteiger partial charge in [-0.1, -0.05) is 12.1 Å². The van der Waals surface area contributed by atoms with Crippen molar-refractivity contribution in [2.75, 3.05) is 13.7 Å². The topological polar surface area (TPSA) is 38.3 Å². The van der Waals surface area contributed by atoms with Crippen LogP contribution in [-0.2, 0) is 11.2 Å². The molecule has 0 bridgehead atoms. The molecule has 0 aromatic heterocycles. The lowest BCUT2D eigenvalue weighted by molar-refractivity contribution is -0.125. The number of halogens is 1. The first-order valence-corrected chi connectivity index (χ1v) is 6.66. The van der Waals surface area contributed by atoms with E-state index in [9.17, 15) is 9.18 Å². The maximum atomic E-state index is 14.0. The van der Waals surface area contributed by atoms with Gasteiger partial charge in [0.05, 0.1) is 12.6 Å². The van der Waals surface area contributed by atoms with Crippen LogP contribution in [-0.4, -0.2) is 25.0 Å². The molecule has 1 N–H and O–H groups in total. The van der Waals surface area contributed by atoms with Gasteiger partial charge in [0.15, 0.2) is 17.3 Å². The van der Waals surface area contributed by atoms with Gasteiger partial charge in [-0.2, -0.15) is 0 Å². The van der Waals surface area contributed by atoms with E-state index in [-0.39, 0.29) is 18.0 Å². The number of Topliss-reactive ketones (excluding diaryl/α,β-unsaturated/α-hetero) is 1. The molecule has 0 aliphatic carbocycles. The molecule has 0 spiro atoms. The molecule has 0 amide bonds. The maximum Gasteiger partial charge on any atom is 0.168 e. The number of methoxy groups -OCH3 is 1. The van der Waals surface area contributed by atoms with Crippen LogP contribution in [0.3, 0.4) is 0 Å². The number of carbonyl (C=O) groups excluding carboxylic acids is 1. The van der Waals surface area contributed by atoms with Crippen molar-refractivity contribution in [3.05, 3.63) is 29.6 Å². The van der Waals surface area contributed by atoms with Gasteiger partial charge >= 0.3 is 0 Å². The summed E-state index contributed by atoms with van der Waals surface area (Å²) in [4.78, 5) is 12.4. The second kappa shape index (κ2) is 5.70. The highest BCUT2D eigenvalue weighted by Gasteiger charge is 2.34. The molecule has 0 saturated carbocycles. The first-order chi connectivity index (χ1) is 9.07. The van der Waals surface area contributed by atoms with Crippen molar-refractivity contribution in [3.8, 4) is 5.75 Å². The zero-order valence-electron chi connectivity index (χ0n) is 11.5. The Bertz CT molecular complexity index is 467. The third-order valence-electron chi connectivity index (χ3n) is 3.85. The Morgan fingerprint density at radius 3 is 2.89 bits per heavy atom. The molecule has 1 fully saturated rings. The fourth-order valence-corrected chi connectivity index (χ4v) is 2.51. The maximum absolute atomic E-state index is 14.0. The zero-order valence-corrected chi connectivity index (χ0v) is 11.5. The van der Waals surface area contributed by atoms with Crippen molar-refractivity contribution in [1.82, 2.24) is 5.32 Å². The molecule has 3 nitrogen and oxygen atoms in total. The van der Waals surface area contributed by atoms with Crippen molar-refractivity contribution in [2.45, 2.75) is 38.1 Å². The van der Waals surface area contributed by atoms with Crippen molar-refractivity contribution in [3.63, 3.8) is 0 Å². The fraction of sp³-hybridized carbons (Fsp3) is 0.533.